The molecule has 1 heterocycles. The van der Waals surface area contributed by atoms with E-state index < -0.39 is 0 Å². The molecule has 116 valence electrons. The fourth-order valence-electron chi connectivity index (χ4n) is 1.91. The Kier molecular flexibility index (Phi) is 5.32. The fourth-order valence-corrected chi connectivity index (χ4v) is 1.91. The summed E-state index contributed by atoms with van der Waals surface area (Å²) in [4.78, 5) is 16.2. The molecule has 0 saturated carbocycles. The van der Waals surface area contributed by atoms with Crippen molar-refractivity contribution >= 4 is 11.7 Å². The number of amides is 1. The number of aromatic hydroxyl groups is 1. The Labute approximate surface area is 128 Å². The molecule has 0 radical (unpaired) electrons. The minimum atomic E-state index is -0.376. The number of aromatic nitrogens is 1. The number of phenolic OH excluding ortho intramolecular Hbond substituents is 1. The van der Waals surface area contributed by atoms with E-state index in [1.165, 1.54) is 12.1 Å². The zero-order chi connectivity index (χ0) is 15.9. The average Bonchev–Trinajstić information content (AvgIpc) is 2.47. The zero-order valence-electron chi connectivity index (χ0n) is 12.4. The number of carbonyl (C=O) groups excluding carboxylic acids is 1. The number of hydrogen-bond donors (Lipinski definition) is 2. The molecule has 0 spiro atoms. The summed E-state index contributed by atoms with van der Waals surface area (Å²) < 4.78 is 10.6. The van der Waals surface area contributed by atoms with Gasteiger partial charge in [0.15, 0.2) is 0 Å². The quantitative estimate of drug-likeness (QED) is 0.856. The second kappa shape index (κ2) is 7.42. The number of pyridine rings is 1. The van der Waals surface area contributed by atoms with Gasteiger partial charge in [-0.1, -0.05) is 6.07 Å². The lowest BCUT2D eigenvalue weighted by Gasteiger charge is -2.14. The third-order valence-electron chi connectivity index (χ3n) is 2.80. The maximum Gasteiger partial charge on any atom is 0.257 e. The molecule has 0 fully saturated rings. The van der Waals surface area contributed by atoms with Crippen LogP contribution in [0.15, 0.2) is 42.6 Å². The predicted molar refractivity (Wildman–Crippen MR) is 82.3 cm³/mol. The molecule has 6 nitrogen and oxygen atoms in total. The molecule has 22 heavy (non-hydrogen) atoms. The largest absolute Gasteiger partial charge is 0.508 e. The second-order valence-corrected chi connectivity index (χ2v) is 4.77. The lowest BCUT2D eigenvalue weighted by molar-refractivity contribution is 0.0915. The van der Waals surface area contributed by atoms with Gasteiger partial charge in [-0.05, 0) is 31.2 Å². The van der Waals surface area contributed by atoms with Gasteiger partial charge in [0.2, 0.25) is 0 Å². The summed E-state index contributed by atoms with van der Waals surface area (Å²) in [6.07, 6.45) is 1.39. The van der Waals surface area contributed by atoms with Gasteiger partial charge in [-0.3, -0.25) is 4.79 Å². The van der Waals surface area contributed by atoms with E-state index in [0.717, 1.165) is 0 Å². The van der Waals surface area contributed by atoms with Crippen LogP contribution in [0.3, 0.4) is 0 Å². The third kappa shape index (κ3) is 4.46. The lowest BCUT2D eigenvalue weighted by Crippen LogP contribution is -2.18. The van der Waals surface area contributed by atoms with Crippen LogP contribution in [-0.4, -0.2) is 35.8 Å². The van der Waals surface area contributed by atoms with Gasteiger partial charge in [0.25, 0.3) is 5.91 Å². The molecule has 0 aliphatic heterocycles. The molecule has 0 unspecified atom stereocenters. The Bertz CT molecular complexity index is 631. The van der Waals surface area contributed by atoms with Gasteiger partial charge in [-0.2, -0.15) is 0 Å². The minimum Gasteiger partial charge on any atom is -0.508 e. The van der Waals surface area contributed by atoms with Gasteiger partial charge >= 0.3 is 0 Å². The number of rotatable bonds is 6. The average molecular weight is 302 g/mol. The normalized spacial score (nSPS) is 11.7. The highest BCUT2D eigenvalue weighted by molar-refractivity contribution is 6.04. The number of methoxy groups -OCH3 is 1. The van der Waals surface area contributed by atoms with E-state index in [2.05, 4.69) is 10.3 Å². The first kappa shape index (κ1) is 15.8. The summed E-state index contributed by atoms with van der Waals surface area (Å²) in [6.45, 7) is 2.24. The highest BCUT2D eigenvalue weighted by Crippen LogP contribution is 2.23. The first-order chi connectivity index (χ1) is 10.6. The number of nitrogens with zero attached hydrogens (tertiary/aromatic N) is 1. The van der Waals surface area contributed by atoms with Gasteiger partial charge in [0.05, 0.1) is 6.61 Å². The second-order valence-electron chi connectivity index (χ2n) is 4.77. The highest BCUT2D eigenvalue weighted by Gasteiger charge is 2.12. The van der Waals surface area contributed by atoms with Crippen molar-refractivity contribution in [3.63, 3.8) is 0 Å². The summed E-state index contributed by atoms with van der Waals surface area (Å²) in [5.74, 6) is 0.411. The van der Waals surface area contributed by atoms with E-state index >= 15 is 0 Å². The molecule has 0 aliphatic carbocycles. The molecule has 0 bridgehead atoms. The molecule has 0 aliphatic rings. The van der Waals surface area contributed by atoms with E-state index in [1.54, 1.807) is 37.6 Å². The highest BCUT2D eigenvalue weighted by atomic mass is 16.5. The number of carbonyl (C=O) groups is 1. The topological polar surface area (TPSA) is 80.7 Å². The Morgan fingerprint density at radius 2 is 2.18 bits per heavy atom. The van der Waals surface area contributed by atoms with Crippen LogP contribution in [-0.2, 0) is 4.74 Å². The van der Waals surface area contributed by atoms with Crippen LogP contribution in [0.4, 0.5) is 5.82 Å². The Balaban J connectivity index is 2.13. The molecule has 6 heteroatoms. The SMILES string of the molecule is COC[C@H](C)Oc1cc(O)cc(C(=O)Nc2ccccn2)c1. The molecule has 1 aromatic carbocycles. The standard InChI is InChI=1S/C16H18N2O4/c1-11(10-21-2)22-14-8-12(7-13(19)9-14)16(20)18-15-5-3-4-6-17-15/h3-9,11,19H,10H2,1-2H3,(H,17,18,20)/t11-/m0/s1. The summed E-state index contributed by atoms with van der Waals surface area (Å²) in [6, 6.07) is 9.58. The van der Waals surface area contributed by atoms with E-state index in [-0.39, 0.29) is 23.3 Å². The molecular weight excluding hydrogens is 284 g/mol. The maximum absolute atomic E-state index is 12.2. The van der Waals surface area contributed by atoms with Crippen molar-refractivity contribution in [3.05, 3.63) is 48.2 Å². The number of anilines is 1. The Morgan fingerprint density at radius 3 is 2.86 bits per heavy atom. The van der Waals surface area contributed by atoms with Crippen molar-refractivity contribution in [3.8, 4) is 11.5 Å². The van der Waals surface area contributed by atoms with Crippen molar-refractivity contribution in [2.75, 3.05) is 19.0 Å². The van der Waals surface area contributed by atoms with Gasteiger partial charge in [0, 0.05) is 24.9 Å². The number of nitrogens with one attached hydrogen (secondary N) is 1. The molecule has 2 N–H and O–H groups in total. The zero-order valence-corrected chi connectivity index (χ0v) is 12.4. The van der Waals surface area contributed by atoms with Crippen molar-refractivity contribution < 1.29 is 19.4 Å². The summed E-state index contributed by atoms with van der Waals surface area (Å²) >= 11 is 0. The first-order valence-electron chi connectivity index (χ1n) is 6.80. The van der Waals surface area contributed by atoms with Crippen LogP contribution in [0, 0.1) is 0 Å². The Morgan fingerprint density at radius 1 is 1.36 bits per heavy atom. The summed E-state index contributed by atoms with van der Waals surface area (Å²) in [5.41, 5.74) is 0.283. The first-order valence-corrected chi connectivity index (χ1v) is 6.80. The van der Waals surface area contributed by atoms with E-state index in [1.807, 2.05) is 6.92 Å². The third-order valence-corrected chi connectivity index (χ3v) is 2.80. The van der Waals surface area contributed by atoms with E-state index in [4.69, 9.17) is 9.47 Å². The molecule has 1 aromatic heterocycles. The molecule has 2 aromatic rings. The van der Waals surface area contributed by atoms with E-state index in [9.17, 15) is 9.90 Å². The maximum atomic E-state index is 12.2. The monoisotopic (exact) mass is 302 g/mol. The van der Waals surface area contributed by atoms with E-state index in [0.29, 0.717) is 18.2 Å². The number of ether oxygens (including phenoxy) is 2. The van der Waals surface area contributed by atoms with Gasteiger partial charge in [-0.25, -0.2) is 4.98 Å². The lowest BCUT2D eigenvalue weighted by atomic mass is 10.2. The number of hydrogen-bond acceptors (Lipinski definition) is 5. The fraction of sp³-hybridized carbons (Fsp3) is 0.250. The van der Waals surface area contributed by atoms with Crippen LogP contribution >= 0.6 is 0 Å². The summed E-state index contributed by atoms with van der Waals surface area (Å²) in [7, 11) is 1.58. The van der Waals surface area contributed by atoms with Crippen molar-refractivity contribution in [1.82, 2.24) is 4.98 Å². The molecule has 1 atom stereocenters. The van der Waals surface area contributed by atoms with Crippen molar-refractivity contribution in [2.24, 2.45) is 0 Å². The van der Waals surface area contributed by atoms with Crippen LogP contribution in [0.25, 0.3) is 0 Å². The van der Waals surface area contributed by atoms with Gasteiger partial charge < -0.3 is 19.9 Å². The number of benzene rings is 1. The molecule has 1 amide bonds. The summed E-state index contributed by atoms with van der Waals surface area (Å²) in [5, 5.41) is 12.4. The van der Waals surface area contributed by atoms with Crippen molar-refractivity contribution in [1.29, 1.82) is 0 Å². The van der Waals surface area contributed by atoms with Crippen LogP contribution in [0.5, 0.6) is 11.5 Å². The minimum absolute atomic E-state index is 0.0479. The number of phenols is 1. The van der Waals surface area contributed by atoms with Crippen molar-refractivity contribution in [2.45, 2.75) is 13.0 Å². The smallest absolute Gasteiger partial charge is 0.257 e. The van der Waals surface area contributed by atoms with Crippen LogP contribution < -0.4 is 10.1 Å². The Hall–Kier alpha value is -2.60. The predicted octanol–water partition coefficient (Wildman–Crippen LogP) is 2.45. The molecular formula is C16H18N2O4. The molecule has 0 saturated heterocycles. The van der Waals surface area contributed by atoms with Crippen LogP contribution in [0.2, 0.25) is 0 Å². The van der Waals surface area contributed by atoms with Gasteiger partial charge in [0.1, 0.15) is 23.4 Å². The van der Waals surface area contributed by atoms with Crippen LogP contribution in [0.1, 0.15) is 17.3 Å². The van der Waals surface area contributed by atoms with Gasteiger partial charge in [-0.15, -0.1) is 0 Å². The molecule has 2 rings (SSSR count).